The van der Waals surface area contributed by atoms with Crippen LogP contribution in [0.5, 0.6) is 17.2 Å². The number of hydrogen-bond acceptors (Lipinski definition) is 6. The van der Waals surface area contributed by atoms with Crippen LogP contribution in [0.1, 0.15) is 18.4 Å². The molecule has 9 heteroatoms. The van der Waals surface area contributed by atoms with Crippen LogP contribution in [-0.4, -0.2) is 44.1 Å². The van der Waals surface area contributed by atoms with Crippen LogP contribution < -0.4 is 25.4 Å². The normalized spacial score (nSPS) is 10.3. The topological polar surface area (TPSA) is 132 Å². The number of ether oxygens (including phenoxy) is 3. The number of carboxylic acids is 1. The Morgan fingerprint density at radius 3 is 2.39 bits per heavy atom. The fraction of sp³-hybridized carbons (Fsp3) is 0.357. The van der Waals surface area contributed by atoms with Crippen LogP contribution in [0, 0.1) is 0 Å². The van der Waals surface area contributed by atoms with Crippen LogP contribution in [0.15, 0.2) is 17.2 Å². The number of carbonyl (C=O) groups excluding carboxylic acids is 1. The molecule has 1 aromatic rings. The first kappa shape index (κ1) is 18.1. The van der Waals surface area contributed by atoms with E-state index in [1.165, 1.54) is 20.4 Å². The van der Waals surface area contributed by atoms with E-state index in [0.29, 0.717) is 29.2 Å². The average molecular weight is 325 g/mol. The number of carbonyl (C=O) groups is 2. The van der Waals surface area contributed by atoms with Gasteiger partial charge in [-0.3, -0.25) is 4.79 Å². The van der Waals surface area contributed by atoms with Crippen LogP contribution >= 0.6 is 0 Å². The number of hydrazone groups is 1. The number of methoxy groups -OCH3 is 2. The quantitative estimate of drug-likeness (QED) is 0.352. The third-order valence-corrected chi connectivity index (χ3v) is 2.69. The van der Waals surface area contributed by atoms with Gasteiger partial charge in [0, 0.05) is 18.6 Å². The molecule has 0 atom stereocenters. The average Bonchev–Trinajstić information content (AvgIpc) is 2.51. The number of rotatable bonds is 9. The van der Waals surface area contributed by atoms with Gasteiger partial charge >= 0.3 is 12.0 Å². The van der Waals surface area contributed by atoms with Gasteiger partial charge in [-0.05, 0) is 6.42 Å². The first-order valence-corrected chi connectivity index (χ1v) is 6.67. The van der Waals surface area contributed by atoms with Gasteiger partial charge in [0.1, 0.15) is 17.2 Å². The number of hydrogen-bond donors (Lipinski definition) is 3. The molecule has 1 aromatic carbocycles. The summed E-state index contributed by atoms with van der Waals surface area (Å²) in [6.07, 6.45) is 1.74. The van der Waals surface area contributed by atoms with Crippen molar-refractivity contribution in [3.8, 4) is 17.2 Å². The molecule has 0 aromatic heterocycles. The molecule has 126 valence electrons. The SMILES string of the molecule is COc1cc(OCCCC(=O)O)cc(OC)c1C=NNC(N)=O. The lowest BCUT2D eigenvalue weighted by atomic mass is 10.2. The van der Waals surface area contributed by atoms with Crippen molar-refractivity contribution < 1.29 is 28.9 Å². The number of aliphatic carboxylic acids is 1. The molecule has 0 saturated heterocycles. The maximum absolute atomic E-state index is 10.6. The Hall–Kier alpha value is -2.97. The molecule has 0 unspecified atom stereocenters. The summed E-state index contributed by atoms with van der Waals surface area (Å²) in [5.74, 6) is 0.404. The number of nitrogens with two attached hydrogens (primary N) is 1. The summed E-state index contributed by atoms with van der Waals surface area (Å²) < 4.78 is 16.0. The van der Waals surface area contributed by atoms with Gasteiger partial charge in [-0.2, -0.15) is 5.10 Å². The second-order valence-electron chi connectivity index (χ2n) is 4.32. The molecule has 1 rings (SSSR count). The largest absolute Gasteiger partial charge is 0.496 e. The fourth-order valence-corrected chi connectivity index (χ4v) is 1.70. The summed E-state index contributed by atoms with van der Waals surface area (Å²) in [4.78, 5) is 21.1. The molecule has 0 fully saturated rings. The van der Waals surface area contributed by atoms with E-state index in [-0.39, 0.29) is 13.0 Å². The van der Waals surface area contributed by atoms with Gasteiger partial charge in [0.2, 0.25) is 0 Å². The first-order chi connectivity index (χ1) is 11.0. The number of nitrogens with zero attached hydrogens (tertiary/aromatic N) is 1. The monoisotopic (exact) mass is 325 g/mol. The Morgan fingerprint density at radius 2 is 1.91 bits per heavy atom. The van der Waals surface area contributed by atoms with Gasteiger partial charge < -0.3 is 25.1 Å². The van der Waals surface area contributed by atoms with Crippen molar-refractivity contribution in [2.24, 2.45) is 10.8 Å². The molecule has 9 nitrogen and oxygen atoms in total. The predicted molar refractivity (Wildman–Crippen MR) is 82.2 cm³/mol. The maximum Gasteiger partial charge on any atom is 0.332 e. The maximum atomic E-state index is 10.6. The molecule has 0 aliphatic rings. The summed E-state index contributed by atoms with van der Waals surface area (Å²) in [5, 5.41) is 12.3. The Labute approximate surface area is 133 Å². The number of primary amides is 1. The van der Waals surface area contributed by atoms with E-state index in [0.717, 1.165) is 0 Å². The van der Waals surface area contributed by atoms with Crippen LogP contribution in [-0.2, 0) is 4.79 Å². The van der Waals surface area contributed by atoms with E-state index in [2.05, 4.69) is 10.5 Å². The highest BCUT2D eigenvalue weighted by Gasteiger charge is 2.12. The molecule has 0 heterocycles. The van der Waals surface area contributed by atoms with E-state index in [1.807, 2.05) is 0 Å². The molecule has 0 radical (unpaired) electrons. The van der Waals surface area contributed by atoms with E-state index in [9.17, 15) is 9.59 Å². The van der Waals surface area contributed by atoms with E-state index < -0.39 is 12.0 Å². The minimum atomic E-state index is -0.878. The predicted octanol–water partition coefficient (Wildman–Crippen LogP) is 0.950. The van der Waals surface area contributed by atoms with Crippen molar-refractivity contribution in [1.29, 1.82) is 0 Å². The van der Waals surface area contributed by atoms with Crippen molar-refractivity contribution in [2.75, 3.05) is 20.8 Å². The second kappa shape index (κ2) is 9.13. The zero-order valence-electron chi connectivity index (χ0n) is 12.9. The number of urea groups is 1. The number of carboxylic acid groups (broad SMARTS) is 1. The fourth-order valence-electron chi connectivity index (χ4n) is 1.70. The van der Waals surface area contributed by atoms with Crippen LogP contribution in [0.3, 0.4) is 0 Å². The zero-order valence-corrected chi connectivity index (χ0v) is 12.9. The third kappa shape index (κ3) is 6.12. The van der Waals surface area contributed by atoms with Gasteiger partial charge in [-0.15, -0.1) is 0 Å². The Morgan fingerprint density at radius 1 is 1.30 bits per heavy atom. The number of amides is 2. The Balaban J connectivity index is 2.89. The Bertz CT molecular complexity index is 563. The highest BCUT2D eigenvalue weighted by atomic mass is 16.5. The smallest absolute Gasteiger partial charge is 0.332 e. The minimum Gasteiger partial charge on any atom is -0.496 e. The molecule has 0 spiro atoms. The molecule has 0 bridgehead atoms. The molecule has 0 saturated carbocycles. The van der Waals surface area contributed by atoms with Crippen LogP contribution in [0.4, 0.5) is 4.79 Å². The number of nitrogens with one attached hydrogen (secondary N) is 1. The summed E-state index contributed by atoms with van der Waals surface area (Å²) in [5.41, 5.74) is 7.48. The lowest BCUT2D eigenvalue weighted by Gasteiger charge is -2.13. The minimum absolute atomic E-state index is 0.0256. The Kier molecular flexibility index (Phi) is 7.18. The standard InChI is InChI=1S/C14H19N3O6/c1-21-11-6-9(23-5-3-4-13(18)19)7-12(22-2)10(11)8-16-17-14(15)20/h6-8H,3-5H2,1-2H3,(H,18,19)(H3,15,17,20). The van der Waals surface area contributed by atoms with Crippen molar-refractivity contribution in [3.05, 3.63) is 17.7 Å². The van der Waals surface area contributed by atoms with Crippen molar-refractivity contribution in [3.63, 3.8) is 0 Å². The summed E-state index contributed by atoms with van der Waals surface area (Å²) >= 11 is 0. The lowest BCUT2D eigenvalue weighted by Crippen LogP contribution is -2.24. The second-order valence-corrected chi connectivity index (χ2v) is 4.32. The molecular formula is C14H19N3O6. The summed E-state index contributed by atoms with van der Waals surface area (Å²) in [6, 6.07) is 2.42. The first-order valence-electron chi connectivity index (χ1n) is 6.67. The molecular weight excluding hydrogens is 306 g/mol. The van der Waals surface area contributed by atoms with Crippen LogP contribution in [0.2, 0.25) is 0 Å². The zero-order chi connectivity index (χ0) is 17.2. The van der Waals surface area contributed by atoms with Gasteiger partial charge in [-0.1, -0.05) is 0 Å². The molecule has 0 aliphatic heterocycles. The van der Waals surface area contributed by atoms with Gasteiger partial charge in [-0.25, -0.2) is 10.2 Å². The summed E-state index contributed by atoms with van der Waals surface area (Å²) in [6.45, 7) is 0.245. The highest BCUT2D eigenvalue weighted by Crippen LogP contribution is 2.32. The van der Waals surface area contributed by atoms with Crippen molar-refractivity contribution in [2.45, 2.75) is 12.8 Å². The molecule has 2 amide bonds. The molecule has 23 heavy (non-hydrogen) atoms. The molecule has 4 N–H and O–H groups in total. The third-order valence-electron chi connectivity index (χ3n) is 2.69. The lowest BCUT2D eigenvalue weighted by molar-refractivity contribution is -0.137. The van der Waals surface area contributed by atoms with E-state index in [1.54, 1.807) is 12.1 Å². The summed E-state index contributed by atoms with van der Waals surface area (Å²) in [7, 11) is 2.92. The van der Waals surface area contributed by atoms with Crippen LogP contribution in [0.25, 0.3) is 0 Å². The number of benzene rings is 1. The van der Waals surface area contributed by atoms with E-state index >= 15 is 0 Å². The van der Waals surface area contributed by atoms with Crippen molar-refractivity contribution in [1.82, 2.24) is 5.43 Å². The molecule has 0 aliphatic carbocycles. The van der Waals surface area contributed by atoms with Gasteiger partial charge in [0.15, 0.2) is 0 Å². The van der Waals surface area contributed by atoms with E-state index in [4.69, 9.17) is 25.1 Å². The highest BCUT2D eigenvalue weighted by molar-refractivity contribution is 5.88. The van der Waals surface area contributed by atoms with Gasteiger partial charge in [0.25, 0.3) is 0 Å². The van der Waals surface area contributed by atoms with Crippen molar-refractivity contribution >= 4 is 18.2 Å². The van der Waals surface area contributed by atoms with Gasteiger partial charge in [0.05, 0.1) is 32.6 Å².